The maximum atomic E-state index is 13.4. The highest BCUT2D eigenvalue weighted by Crippen LogP contribution is 2.31. The average molecular weight is 676 g/mol. The van der Waals surface area contributed by atoms with E-state index in [0.717, 1.165) is 47.7 Å². The molecule has 4 aromatic rings. The minimum absolute atomic E-state index is 0.101. The number of nitrogens with zero attached hydrogens (tertiary/aromatic N) is 5. The number of fused-ring (bicyclic) bond motifs is 1. The molecular formula is C39H61N7O3. The van der Waals surface area contributed by atoms with E-state index in [0.29, 0.717) is 43.9 Å². The smallest absolute Gasteiger partial charge is 0.261 e. The number of rotatable bonds is 23. The Balaban J connectivity index is 1.26. The Hall–Kier alpha value is -3.82. The molecule has 2 N–H and O–H groups in total. The van der Waals surface area contributed by atoms with Crippen molar-refractivity contribution in [1.29, 1.82) is 0 Å². The third kappa shape index (κ3) is 11.6. The van der Waals surface area contributed by atoms with Gasteiger partial charge < -0.3 is 14.8 Å². The van der Waals surface area contributed by atoms with Gasteiger partial charge in [0.25, 0.3) is 5.91 Å². The molecule has 3 heterocycles. The van der Waals surface area contributed by atoms with Crippen molar-refractivity contribution in [2.24, 2.45) is 0 Å². The first-order chi connectivity index (χ1) is 23.7. The van der Waals surface area contributed by atoms with Crippen molar-refractivity contribution in [2.75, 3.05) is 13.2 Å². The number of carbonyl (C=O) groups excluding carboxylic acids is 1. The average Bonchev–Trinajstić information content (AvgIpc) is 3.81. The van der Waals surface area contributed by atoms with Crippen LogP contribution in [0.25, 0.3) is 11.3 Å². The van der Waals surface area contributed by atoms with Crippen LogP contribution >= 0.6 is 0 Å². The maximum absolute atomic E-state index is 13.4. The third-order valence-corrected chi connectivity index (χ3v) is 8.91. The zero-order chi connectivity index (χ0) is 35.1. The van der Waals surface area contributed by atoms with Crippen LogP contribution in [0.4, 0.5) is 0 Å². The highest BCUT2D eigenvalue weighted by atomic mass is 16.5. The van der Waals surface area contributed by atoms with Gasteiger partial charge in [0.05, 0.1) is 12.3 Å². The predicted molar refractivity (Wildman–Crippen MR) is 197 cm³/mol. The van der Waals surface area contributed by atoms with E-state index >= 15 is 0 Å². The Bertz CT molecular complexity index is 1530. The monoisotopic (exact) mass is 675 g/mol. The van der Waals surface area contributed by atoms with Gasteiger partial charge in [-0.15, -0.1) is 5.10 Å². The molecule has 10 heteroatoms. The lowest BCUT2D eigenvalue weighted by molar-refractivity contribution is -0.128. The predicted octanol–water partition coefficient (Wildman–Crippen LogP) is 8.84. The van der Waals surface area contributed by atoms with Crippen LogP contribution in [0.2, 0.25) is 0 Å². The molecule has 0 aliphatic heterocycles. The molecule has 1 unspecified atom stereocenters. The molecular weight excluding hydrogens is 614 g/mol. The maximum Gasteiger partial charge on any atom is 0.261 e. The van der Waals surface area contributed by atoms with E-state index in [9.17, 15) is 4.79 Å². The van der Waals surface area contributed by atoms with Gasteiger partial charge in [-0.3, -0.25) is 9.89 Å². The van der Waals surface area contributed by atoms with Gasteiger partial charge in [0.1, 0.15) is 5.69 Å². The van der Waals surface area contributed by atoms with E-state index in [2.05, 4.69) is 50.1 Å². The van der Waals surface area contributed by atoms with Gasteiger partial charge in [-0.25, -0.2) is 9.67 Å². The van der Waals surface area contributed by atoms with Crippen LogP contribution in [0.5, 0.6) is 11.5 Å². The van der Waals surface area contributed by atoms with Crippen molar-refractivity contribution < 1.29 is 14.3 Å². The number of unbranched alkanes of at least 4 members (excludes halogenated alkanes) is 10. The lowest BCUT2D eigenvalue weighted by atomic mass is 9.91. The second-order valence-electron chi connectivity index (χ2n) is 14.4. The molecule has 0 fully saturated rings. The Morgan fingerprint density at radius 3 is 2.33 bits per heavy atom. The van der Waals surface area contributed by atoms with Gasteiger partial charge in [0, 0.05) is 30.8 Å². The summed E-state index contributed by atoms with van der Waals surface area (Å²) in [7, 11) is 0. The van der Waals surface area contributed by atoms with Crippen LogP contribution < -0.4 is 14.8 Å². The molecule has 1 amide bonds. The van der Waals surface area contributed by atoms with Gasteiger partial charge in [-0.1, -0.05) is 105 Å². The number of aromatic nitrogens is 6. The number of ether oxygens (including phenoxy) is 2. The number of carbonyl (C=O) groups is 1. The molecule has 0 aliphatic rings. The number of hydrogen-bond acceptors (Lipinski definition) is 6. The van der Waals surface area contributed by atoms with E-state index in [1.807, 2.05) is 42.1 Å². The van der Waals surface area contributed by atoms with Crippen LogP contribution in [-0.2, 0) is 16.6 Å². The Labute approximate surface area is 293 Å². The topological polar surface area (TPSA) is 111 Å². The zero-order valence-electron chi connectivity index (χ0n) is 31.0. The second kappa shape index (κ2) is 19.4. The van der Waals surface area contributed by atoms with Gasteiger partial charge in [-0.2, -0.15) is 9.73 Å². The van der Waals surface area contributed by atoms with Crippen molar-refractivity contribution in [3.05, 3.63) is 53.7 Å². The summed E-state index contributed by atoms with van der Waals surface area (Å²) in [6.45, 7) is 14.0. The fourth-order valence-corrected chi connectivity index (χ4v) is 6.06. The van der Waals surface area contributed by atoms with Crippen molar-refractivity contribution in [3.63, 3.8) is 0 Å². The summed E-state index contributed by atoms with van der Waals surface area (Å²) in [6, 6.07) is 7.89. The summed E-state index contributed by atoms with van der Waals surface area (Å²) < 4.78 is 16.2. The Morgan fingerprint density at radius 2 is 1.65 bits per heavy atom. The third-order valence-electron chi connectivity index (χ3n) is 8.91. The summed E-state index contributed by atoms with van der Waals surface area (Å²) in [5.74, 6) is 1.97. The standard InChI is InChI=1S/C39H61N7O3/c1-7-9-11-12-13-14-15-16-17-18-28-48-31-24-23-30(3)29-33(31)49-32(21-10-8-2)38(47)40-25-19-22-34-42-37-35(45-27-20-26-41-45)36(39(4,5)6)44-46(37)43-34/h20,23-24,26-27,29,32,44H,7-19,21-22,25,28H2,1-6H3,(H,40,47). The highest BCUT2D eigenvalue weighted by molar-refractivity contribution is 5.81. The molecule has 10 nitrogen and oxygen atoms in total. The van der Waals surface area contributed by atoms with Gasteiger partial charge in [0.15, 0.2) is 23.4 Å². The summed E-state index contributed by atoms with van der Waals surface area (Å²) in [5.41, 5.74) is 3.60. The number of H-pyrrole nitrogens is 1. The minimum Gasteiger partial charge on any atom is -0.490 e. The SMILES string of the molecule is CCCCCCCCCCCCOc1ccc(C)cc1OC(CCCC)C(=O)NCCCc1nc2c(-n3cccn3)c(C(C)(C)C)[nH]n2n1. The molecule has 49 heavy (non-hydrogen) atoms. The number of aromatic amines is 1. The number of hydrogen-bond donors (Lipinski definition) is 2. The van der Waals surface area contributed by atoms with E-state index < -0.39 is 6.10 Å². The molecule has 3 aromatic heterocycles. The Kier molecular flexibility index (Phi) is 15.0. The quantitative estimate of drug-likeness (QED) is 0.0760. The lowest BCUT2D eigenvalue weighted by Crippen LogP contribution is -2.39. The minimum atomic E-state index is -0.585. The van der Waals surface area contributed by atoms with E-state index in [4.69, 9.17) is 19.6 Å². The number of benzene rings is 1. The Morgan fingerprint density at radius 1 is 0.939 bits per heavy atom. The van der Waals surface area contributed by atoms with Crippen molar-refractivity contribution in [1.82, 2.24) is 34.9 Å². The molecule has 1 atom stereocenters. The summed E-state index contributed by atoms with van der Waals surface area (Å²) in [4.78, 5) is 18.2. The molecule has 0 saturated carbocycles. The summed E-state index contributed by atoms with van der Waals surface area (Å²) >= 11 is 0. The van der Waals surface area contributed by atoms with Gasteiger partial charge in [0.2, 0.25) is 5.65 Å². The summed E-state index contributed by atoms with van der Waals surface area (Å²) in [6.07, 6.45) is 19.8. The molecule has 0 bridgehead atoms. The fraction of sp³-hybridized carbons (Fsp3) is 0.641. The first-order valence-corrected chi connectivity index (χ1v) is 18.9. The van der Waals surface area contributed by atoms with Crippen molar-refractivity contribution in [2.45, 2.75) is 149 Å². The van der Waals surface area contributed by atoms with Crippen molar-refractivity contribution in [3.8, 4) is 17.2 Å². The first kappa shape index (κ1) is 38.0. The molecule has 1 aromatic carbocycles. The fourth-order valence-electron chi connectivity index (χ4n) is 6.06. The van der Waals surface area contributed by atoms with Gasteiger partial charge >= 0.3 is 0 Å². The number of nitrogens with one attached hydrogen (secondary N) is 2. The molecule has 0 spiro atoms. The summed E-state index contributed by atoms with van der Waals surface area (Å²) in [5, 5.41) is 15.7. The first-order valence-electron chi connectivity index (χ1n) is 18.9. The van der Waals surface area contributed by atoms with Crippen LogP contribution in [-0.4, -0.2) is 54.8 Å². The van der Waals surface area contributed by atoms with Gasteiger partial charge in [-0.05, 0) is 56.4 Å². The number of aryl methyl sites for hydroxylation is 2. The van der Waals surface area contributed by atoms with E-state index in [-0.39, 0.29) is 11.3 Å². The molecule has 270 valence electrons. The largest absolute Gasteiger partial charge is 0.490 e. The number of amides is 1. The molecule has 0 saturated heterocycles. The van der Waals surface area contributed by atoms with Crippen LogP contribution in [0.3, 0.4) is 0 Å². The molecule has 0 radical (unpaired) electrons. The van der Waals surface area contributed by atoms with Crippen molar-refractivity contribution >= 4 is 11.6 Å². The van der Waals surface area contributed by atoms with E-state index in [1.165, 1.54) is 57.8 Å². The second-order valence-corrected chi connectivity index (χ2v) is 14.4. The van der Waals surface area contributed by atoms with Crippen LogP contribution in [0.15, 0.2) is 36.7 Å². The molecule has 4 rings (SSSR count). The van der Waals surface area contributed by atoms with Crippen LogP contribution in [0.1, 0.15) is 142 Å². The lowest BCUT2D eigenvalue weighted by Gasteiger charge is -2.21. The van der Waals surface area contributed by atoms with Crippen LogP contribution in [0, 0.1) is 6.92 Å². The zero-order valence-corrected chi connectivity index (χ0v) is 31.0. The normalized spacial score (nSPS) is 12.4. The molecule has 0 aliphatic carbocycles. The highest BCUT2D eigenvalue weighted by Gasteiger charge is 2.27. The van der Waals surface area contributed by atoms with E-state index in [1.54, 1.807) is 10.8 Å².